The van der Waals surface area contributed by atoms with Crippen molar-refractivity contribution in [3.63, 3.8) is 0 Å². The van der Waals surface area contributed by atoms with Gasteiger partial charge in [-0.15, -0.1) is 0 Å². The summed E-state index contributed by atoms with van der Waals surface area (Å²) in [5.74, 6) is -0.287. The van der Waals surface area contributed by atoms with E-state index in [9.17, 15) is 20.1 Å². The number of benzene rings is 1. The van der Waals surface area contributed by atoms with Crippen LogP contribution < -0.4 is 0 Å². The van der Waals surface area contributed by atoms with Gasteiger partial charge in [0.2, 0.25) is 0 Å². The average Bonchev–Trinajstić information content (AvgIpc) is 2.66. The van der Waals surface area contributed by atoms with E-state index >= 15 is 0 Å². The summed E-state index contributed by atoms with van der Waals surface area (Å²) in [6.45, 7) is 2.09. The summed E-state index contributed by atoms with van der Waals surface area (Å²) in [6.07, 6.45) is 5.69. The minimum Gasteiger partial charge on any atom is -0.469 e. The first kappa shape index (κ1) is 22.4. The maximum atomic E-state index is 11.2. The van der Waals surface area contributed by atoms with Gasteiger partial charge in [-0.05, 0) is 30.4 Å². The molecule has 0 aliphatic rings. The molecule has 1 aromatic rings. The Balaban J connectivity index is 2.65. The minimum atomic E-state index is -0.934. The molecule has 26 heavy (non-hydrogen) atoms. The van der Waals surface area contributed by atoms with Crippen molar-refractivity contribution < 1.29 is 24.9 Å². The summed E-state index contributed by atoms with van der Waals surface area (Å²) in [5, 5.41) is 30.5. The molecule has 0 amide bonds. The SMILES string of the molecule is CCCCC[C@H](O)[C@H](O)C=Cc1ccccc1[C@@H](O)CCCC(=O)OC. The van der Waals surface area contributed by atoms with E-state index in [1.165, 1.54) is 7.11 Å². The zero-order valence-corrected chi connectivity index (χ0v) is 15.8. The van der Waals surface area contributed by atoms with Crippen LogP contribution in [0.1, 0.15) is 69.1 Å². The molecule has 0 aromatic heterocycles. The highest BCUT2D eigenvalue weighted by Gasteiger charge is 2.14. The third-order valence-corrected chi connectivity index (χ3v) is 4.41. The lowest BCUT2D eigenvalue weighted by Gasteiger charge is -2.16. The quantitative estimate of drug-likeness (QED) is 0.391. The fraction of sp³-hybridized carbons (Fsp3) is 0.571. The fourth-order valence-electron chi connectivity index (χ4n) is 2.77. The third kappa shape index (κ3) is 8.13. The molecule has 0 radical (unpaired) electrons. The zero-order chi connectivity index (χ0) is 19.4. The molecule has 5 heteroatoms. The van der Waals surface area contributed by atoms with Crippen molar-refractivity contribution in [2.24, 2.45) is 0 Å². The normalized spacial score (nSPS) is 15.0. The second kappa shape index (κ2) is 12.6. The van der Waals surface area contributed by atoms with Crippen molar-refractivity contribution in [3.8, 4) is 0 Å². The number of ether oxygens (including phenoxy) is 1. The molecule has 3 N–H and O–H groups in total. The number of carbonyl (C=O) groups excluding carboxylic acids is 1. The minimum absolute atomic E-state index is 0.272. The molecular formula is C21H32O5. The maximum Gasteiger partial charge on any atom is 0.305 e. The summed E-state index contributed by atoms with van der Waals surface area (Å²) in [5.41, 5.74) is 1.53. The van der Waals surface area contributed by atoms with Gasteiger partial charge in [-0.3, -0.25) is 4.79 Å². The van der Waals surface area contributed by atoms with Gasteiger partial charge in [0, 0.05) is 6.42 Å². The molecule has 0 aliphatic heterocycles. The Morgan fingerprint density at radius 3 is 2.54 bits per heavy atom. The number of carbonyl (C=O) groups is 1. The van der Waals surface area contributed by atoms with E-state index in [0.29, 0.717) is 19.3 Å². The van der Waals surface area contributed by atoms with Gasteiger partial charge >= 0.3 is 5.97 Å². The van der Waals surface area contributed by atoms with Gasteiger partial charge in [0.25, 0.3) is 0 Å². The predicted octanol–water partition coefficient (Wildman–Crippen LogP) is 3.38. The molecule has 0 saturated carbocycles. The van der Waals surface area contributed by atoms with E-state index in [4.69, 9.17) is 0 Å². The van der Waals surface area contributed by atoms with Gasteiger partial charge in [0.1, 0.15) is 0 Å². The number of unbranched alkanes of at least 4 members (excludes halogenated alkanes) is 2. The Labute approximate surface area is 156 Å². The van der Waals surface area contributed by atoms with Crippen LogP contribution in [0.2, 0.25) is 0 Å². The Morgan fingerprint density at radius 2 is 1.85 bits per heavy atom. The summed E-state index contributed by atoms with van der Waals surface area (Å²) in [4.78, 5) is 11.2. The number of rotatable bonds is 12. The maximum absolute atomic E-state index is 11.2. The number of hydrogen-bond donors (Lipinski definition) is 3. The van der Waals surface area contributed by atoms with Gasteiger partial charge in [-0.2, -0.15) is 0 Å². The van der Waals surface area contributed by atoms with Crippen molar-refractivity contribution in [1.82, 2.24) is 0 Å². The molecule has 3 atom stereocenters. The molecule has 146 valence electrons. The largest absolute Gasteiger partial charge is 0.469 e. The average molecular weight is 364 g/mol. The lowest BCUT2D eigenvalue weighted by atomic mass is 9.97. The van der Waals surface area contributed by atoms with Crippen LogP contribution in [0.15, 0.2) is 30.3 Å². The standard InChI is InChI=1S/C21H32O5/c1-3-4-5-11-19(23)20(24)15-14-16-9-6-7-10-17(16)18(22)12-8-13-21(25)26-2/h6-7,9-10,14-15,18-20,22-24H,3-5,8,11-13H2,1-2H3/t18-,19-,20+/m0/s1. The molecule has 1 rings (SSSR count). The number of hydrogen-bond acceptors (Lipinski definition) is 5. The van der Waals surface area contributed by atoms with Crippen LogP contribution in [0.5, 0.6) is 0 Å². The van der Waals surface area contributed by atoms with Crippen molar-refractivity contribution >= 4 is 12.0 Å². The van der Waals surface area contributed by atoms with Crippen LogP contribution in [0.25, 0.3) is 6.08 Å². The summed E-state index contributed by atoms with van der Waals surface area (Å²) >= 11 is 0. The molecule has 0 saturated heterocycles. The van der Waals surface area contributed by atoms with Gasteiger partial charge in [0.15, 0.2) is 0 Å². The van der Waals surface area contributed by atoms with E-state index in [2.05, 4.69) is 11.7 Å². The van der Waals surface area contributed by atoms with Crippen LogP contribution in [-0.2, 0) is 9.53 Å². The lowest BCUT2D eigenvalue weighted by molar-refractivity contribution is -0.140. The second-order valence-electron chi connectivity index (χ2n) is 6.53. The molecule has 0 aliphatic carbocycles. The second-order valence-corrected chi connectivity index (χ2v) is 6.53. The molecule has 0 heterocycles. The summed E-state index contributed by atoms with van der Waals surface area (Å²) in [7, 11) is 1.35. The van der Waals surface area contributed by atoms with E-state index in [0.717, 1.165) is 30.4 Å². The molecular weight excluding hydrogens is 332 g/mol. The first-order chi connectivity index (χ1) is 12.5. The van der Waals surface area contributed by atoms with Crippen molar-refractivity contribution in [1.29, 1.82) is 0 Å². The van der Waals surface area contributed by atoms with E-state index in [-0.39, 0.29) is 12.4 Å². The Kier molecular flexibility index (Phi) is 10.9. The molecule has 1 aromatic carbocycles. The van der Waals surface area contributed by atoms with E-state index in [1.807, 2.05) is 24.3 Å². The molecule has 0 bridgehead atoms. The Bertz CT molecular complexity index is 555. The van der Waals surface area contributed by atoms with Crippen LogP contribution >= 0.6 is 0 Å². The van der Waals surface area contributed by atoms with Crippen molar-refractivity contribution in [3.05, 3.63) is 41.5 Å². The lowest BCUT2D eigenvalue weighted by Crippen LogP contribution is -2.23. The van der Waals surface area contributed by atoms with E-state index < -0.39 is 18.3 Å². The number of esters is 1. The van der Waals surface area contributed by atoms with E-state index in [1.54, 1.807) is 12.2 Å². The van der Waals surface area contributed by atoms with Gasteiger partial charge in [-0.1, -0.05) is 62.6 Å². The molecule has 0 spiro atoms. The van der Waals surface area contributed by atoms with Crippen LogP contribution in [0, 0.1) is 0 Å². The molecule has 5 nitrogen and oxygen atoms in total. The zero-order valence-electron chi connectivity index (χ0n) is 15.8. The molecule has 0 fully saturated rings. The smallest absolute Gasteiger partial charge is 0.305 e. The first-order valence-corrected chi connectivity index (χ1v) is 9.37. The monoisotopic (exact) mass is 364 g/mol. The highest BCUT2D eigenvalue weighted by Crippen LogP contribution is 2.24. The first-order valence-electron chi connectivity index (χ1n) is 9.37. The van der Waals surface area contributed by atoms with Gasteiger partial charge < -0.3 is 20.1 Å². The summed E-state index contributed by atoms with van der Waals surface area (Å²) < 4.78 is 4.60. The van der Waals surface area contributed by atoms with Gasteiger partial charge in [0.05, 0.1) is 25.4 Å². The highest BCUT2D eigenvalue weighted by molar-refractivity contribution is 5.69. The Hall–Kier alpha value is -1.69. The van der Waals surface area contributed by atoms with Crippen LogP contribution in [-0.4, -0.2) is 40.6 Å². The van der Waals surface area contributed by atoms with Crippen molar-refractivity contribution in [2.45, 2.75) is 70.2 Å². The number of aliphatic hydroxyl groups excluding tert-OH is 3. The van der Waals surface area contributed by atoms with Gasteiger partial charge in [-0.25, -0.2) is 0 Å². The number of aliphatic hydroxyl groups is 3. The van der Waals surface area contributed by atoms with Crippen molar-refractivity contribution in [2.75, 3.05) is 7.11 Å². The Morgan fingerprint density at radius 1 is 1.12 bits per heavy atom. The number of methoxy groups -OCH3 is 1. The highest BCUT2D eigenvalue weighted by atomic mass is 16.5. The summed E-state index contributed by atoms with van der Waals surface area (Å²) in [6, 6.07) is 7.37. The fourth-order valence-corrected chi connectivity index (χ4v) is 2.77. The van der Waals surface area contributed by atoms with Crippen LogP contribution in [0.3, 0.4) is 0 Å². The predicted molar refractivity (Wildman–Crippen MR) is 102 cm³/mol. The topological polar surface area (TPSA) is 87.0 Å². The third-order valence-electron chi connectivity index (χ3n) is 4.41. The van der Waals surface area contributed by atoms with Crippen LogP contribution in [0.4, 0.5) is 0 Å². The molecule has 0 unspecified atom stereocenters.